The molecule has 1 saturated heterocycles. The van der Waals surface area contributed by atoms with Gasteiger partial charge < -0.3 is 5.32 Å². The standard InChI is InChI=1S/C23H30FN3O3S/c1-17(2)22(26-31(29,30)21-11-7-6-10-20(21)24)23(28)25-19-12-14-27(15-13-19)16-18-8-4-3-5-9-18/h3-11,17,19,22,26H,12-16H2,1-2H3,(H,25,28). The lowest BCUT2D eigenvalue weighted by molar-refractivity contribution is -0.124. The number of amides is 1. The van der Waals surface area contributed by atoms with Gasteiger partial charge in [0.2, 0.25) is 15.9 Å². The molecule has 0 radical (unpaired) electrons. The molecule has 0 aliphatic carbocycles. The minimum Gasteiger partial charge on any atom is -0.352 e. The summed E-state index contributed by atoms with van der Waals surface area (Å²) < 4.78 is 41.7. The van der Waals surface area contributed by atoms with E-state index in [-0.39, 0.29) is 17.9 Å². The van der Waals surface area contributed by atoms with Crippen molar-refractivity contribution in [3.63, 3.8) is 0 Å². The zero-order valence-electron chi connectivity index (χ0n) is 17.9. The Kier molecular flexibility index (Phi) is 7.80. The van der Waals surface area contributed by atoms with E-state index in [4.69, 9.17) is 0 Å². The van der Waals surface area contributed by atoms with Crippen LogP contribution in [0.2, 0.25) is 0 Å². The van der Waals surface area contributed by atoms with Gasteiger partial charge in [-0.05, 0) is 36.5 Å². The molecular weight excluding hydrogens is 417 g/mol. The van der Waals surface area contributed by atoms with E-state index < -0.39 is 26.8 Å². The molecule has 1 fully saturated rings. The van der Waals surface area contributed by atoms with Crippen molar-refractivity contribution in [2.45, 2.75) is 50.2 Å². The summed E-state index contributed by atoms with van der Waals surface area (Å²) in [5.74, 6) is -1.51. The number of halogens is 1. The third-order valence-electron chi connectivity index (χ3n) is 5.54. The average molecular weight is 448 g/mol. The highest BCUT2D eigenvalue weighted by Crippen LogP contribution is 2.17. The molecule has 0 aromatic heterocycles. The van der Waals surface area contributed by atoms with Crippen molar-refractivity contribution in [1.29, 1.82) is 0 Å². The molecule has 0 spiro atoms. The predicted octanol–water partition coefficient (Wildman–Crippen LogP) is 2.91. The summed E-state index contributed by atoms with van der Waals surface area (Å²) in [6, 6.07) is 14.4. The average Bonchev–Trinajstić information content (AvgIpc) is 2.74. The second-order valence-electron chi connectivity index (χ2n) is 8.32. The molecule has 1 aliphatic heterocycles. The van der Waals surface area contributed by atoms with Gasteiger partial charge in [0, 0.05) is 25.7 Å². The van der Waals surface area contributed by atoms with E-state index in [1.165, 1.54) is 23.8 Å². The molecular formula is C23H30FN3O3S. The summed E-state index contributed by atoms with van der Waals surface area (Å²) >= 11 is 0. The number of nitrogens with one attached hydrogen (secondary N) is 2. The highest BCUT2D eigenvalue weighted by molar-refractivity contribution is 7.89. The number of hydrogen-bond acceptors (Lipinski definition) is 4. The number of carbonyl (C=O) groups excluding carboxylic acids is 1. The Morgan fingerprint density at radius 3 is 2.29 bits per heavy atom. The molecule has 6 nitrogen and oxygen atoms in total. The van der Waals surface area contributed by atoms with Crippen LogP contribution in [0.1, 0.15) is 32.3 Å². The normalized spacial score (nSPS) is 16.9. The highest BCUT2D eigenvalue weighted by atomic mass is 32.2. The van der Waals surface area contributed by atoms with Gasteiger partial charge in [-0.2, -0.15) is 4.72 Å². The maximum absolute atomic E-state index is 14.0. The smallest absolute Gasteiger partial charge is 0.244 e. The molecule has 31 heavy (non-hydrogen) atoms. The first kappa shape index (κ1) is 23.4. The first-order chi connectivity index (χ1) is 14.8. The number of sulfonamides is 1. The molecule has 8 heteroatoms. The predicted molar refractivity (Wildman–Crippen MR) is 118 cm³/mol. The van der Waals surface area contributed by atoms with Crippen LogP contribution in [-0.2, 0) is 21.4 Å². The monoisotopic (exact) mass is 447 g/mol. The van der Waals surface area contributed by atoms with Crippen LogP contribution in [-0.4, -0.2) is 44.4 Å². The van der Waals surface area contributed by atoms with E-state index in [1.807, 2.05) is 18.2 Å². The molecule has 2 aromatic carbocycles. The number of likely N-dealkylation sites (tertiary alicyclic amines) is 1. The Hall–Kier alpha value is -2.29. The summed E-state index contributed by atoms with van der Waals surface area (Å²) in [6.45, 7) is 6.10. The summed E-state index contributed by atoms with van der Waals surface area (Å²) in [5, 5.41) is 2.99. The van der Waals surface area contributed by atoms with E-state index >= 15 is 0 Å². The van der Waals surface area contributed by atoms with Gasteiger partial charge in [0.1, 0.15) is 16.8 Å². The molecule has 1 heterocycles. The first-order valence-electron chi connectivity index (χ1n) is 10.6. The van der Waals surface area contributed by atoms with Gasteiger partial charge in [-0.1, -0.05) is 56.3 Å². The second-order valence-corrected chi connectivity index (χ2v) is 10.0. The lowest BCUT2D eigenvalue weighted by Crippen LogP contribution is -2.53. The van der Waals surface area contributed by atoms with Gasteiger partial charge in [-0.3, -0.25) is 9.69 Å². The van der Waals surface area contributed by atoms with Crippen molar-refractivity contribution < 1.29 is 17.6 Å². The van der Waals surface area contributed by atoms with Gasteiger partial charge in [0.05, 0.1) is 0 Å². The number of hydrogen-bond donors (Lipinski definition) is 2. The lowest BCUT2D eigenvalue weighted by atomic mass is 10.0. The Labute approximate surface area is 183 Å². The van der Waals surface area contributed by atoms with Crippen molar-refractivity contribution in [2.75, 3.05) is 13.1 Å². The maximum atomic E-state index is 14.0. The number of carbonyl (C=O) groups is 1. The summed E-state index contributed by atoms with van der Waals surface area (Å²) in [5.41, 5.74) is 1.26. The van der Waals surface area contributed by atoms with E-state index in [0.717, 1.165) is 38.5 Å². The van der Waals surface area contributed by atoms with Crippen LogP contribution >= 0.6 is 0 Å². The fraction of sp³-hybridized carbons (Fsp3) is 0.435. The van der Waals surface area contributed by atoms with Crippen molar-refractivity contribution in [1.82, 2.24) is 14.9 Å². The molecule has 168 valence electrons. The second kappa shape index (κ2) is 10.3. The lowest BCUT2D eigenvalue weighted by Gasteiger charge is -2.33. The summed E-state index contributed by atoms with van der Waals surface area (Å²) in [4.78, 5) is 14.8. The molecule has 2 aromatic rings. The fourth-order valence-electron chi connectivity index (χ4n) is 3.75. The molecule has 0 bridgehead atoms. The van der Waals surface area contributed by atoms with Gasteiger partial charge in [-0.15, -0.1) is 0 Å². The number of benzene rings is 2. The fourth-order valence-corrected chi connectivity index (χ4v) is 5.18. The molecule has 0 saturated carbocycles. The minimum atomic E-state index is -4.16. The maximum Gasteiger partial charge on any atom is 0.244 e. The van der Waals surface area contributed by atoms with Gasteiger partial charge in [0.25, 0.3) is 0 Å². The Bertz CT molecular complexity index is 975. The van der Waals surface area contributed by atoms with Crippen LogP contribution in [0.3, 0.4) is 0 Å². The molecule has 1 aliphatic rings. The van der Waals surface area contributed by atoms with E-state index in [9.17, 15) is 17.6 Å². The van der Waals surface area contributed by atoms with Gasteiger partial charge >= 0.3 is 0 Å². The van der Waals surface area contributed by atoms with Crippen LogP contribution in [0.15, 0.2) is 59.5 Å². The molecule has 2 N–H and O–H groups in total. The Morgan fingerprint density at radius 2 is 1.68 bits per heavy atom. The molecule has 3 rings (SSSR count). The Morgan fingerprint density at radius 1 is 1.06 bits per heavy atom. The first-order valence-corrected chi connectivity index (χ1v) is 12.1. The summed E-state index contributed by atoms with van der Waals surface area (Å²) in [6.07, 6.45) is 1.59. The van der Waals surface area contributed by atoms with E-state index in [1.54, 1.807) is 13.8 Å². The van der Waals surface area contributed by atoms with Crippen molar-refractivity contribution >= 4 is 15.9 Å². The van der Waals surface area contributed by atoms with Crippen LogP contribution in [0.5, 0.6) is 0 Å². The van der Waals surface area contributed by atoms with Crippen molar-refractivity contribution in [3.05, 3.63) is 66.0 Å². The summed E-state index contributed by atoms with van der Waals surface area (Å²) in [7, 11) is -4.16. The van der Waals surface area contributed by atoms with Gasteiger partial charge in [0.15, 0.2) is 0 Å². The zero-order chi connectivity index (χ0) is 22.4. The van der Waals surface area contributed by atoms with E-state index in [0.29, 0.717) is 0 Å². The quantitative estimate of drug-likeness (QED) is 0.652. The third-order valence-corrected chi connectivity index (χ3v) is 7.01. The third kappa shape index (κ3) is 6.35. The largest absolute Gasteiger partial charge is 0.352 e. The van der Waals surface area contributed by atoms with Crippen LogP contribution in [0.4, 0.5) is 4.39 Å². The minimum absolute atomic E-state index is 0.0151. The zero-order valence-corrected chi connectivity index (χ0v) is 18.7. The number of rotatable bonds is 8. The highest BCUT2D eigenvalue weighted by Gasteiger charge is 2.31. The van der Waals surface area contributed by atoms with Crippen molar-refractivity contribution in [3.8, 4) is 0 Å². The SMILES string of the molecule is CC(C)C(NS(=O)(=O)c1ccccc1F)C(=O)NC1CCN(Cc2ccccc2)CC1. The number of piperidine rings is 1. The molecule has 1 unspecified atom stereocenters. The van der Waals surface area contributed by atoms with E-state index in [2.05, 4.69) is 27.1 Å². The van der Waals surface area contributed by atoms with Gasteiger partial charge in [-0.25, -0.2) is 12.8 Å². The molecule has 1 atom stereocenters. The number of nitrogens with zero attached hydrogens (tertiary/aromatic N) is 1. The van der Waals surface area contributed by atoms with Crippen LogP contribution in [0.25, 0.3) is 0 Å². The van der Waals surface area contributed by atoms with Crippen LogP contribution in [0, 0.1) is 11.7 Å². The van der Waals surface area contributed by atoms with Crippen LogP contribution < -0.4 is 10.0 Å². The Balaban J connectivity index is 1.57. The molecule has 1 amide bonds. The van der Waals surface area contributed by atoms with Crippen molar-refractivity contribution in [2.24, 2.45) is 5.92 Å². The topological polar surface area (TPSA) is 78.5 Å².